The second-order valence-corrected chi connectivity index (χ2v) is 13.8. The molecule has 2 aromatic heterocycles. The fourth-order valence-corrected chi connectivity index (χ4v) is 7.30. The molecule has 1 unspecified atom stereocenters. The summed E-state index contributed by atoms with van der Waals surface area (Å²) in [4.78, 5) is 25.5. The number of nitrogens with zero attached hydrogens (tertiary/aromatic N) is 4. The number of hydrogen-bond acceptors (Lipinski definition) is 7. The highest BCUT2D eigenvalue weighted by atomic mass is 35.5. The van der Waals surface area contributed by atoms with E-state index >= 15 is 0 Å². The quantitative estimate of drug-likeness (QED) is 0.158. The predicted molar refractivity (Wildman–Crippen MR) is 190 cm³/mol. The Hall–Kier alpha value is -4.51. The van der Waals surface area contributed by atoms with Gasteiger partial charge in [0.2, 0.25) is 5.88 Å². The molecule has 1 amide bonds. The van der Waals surface area contributed by atoms with Gasteiger partial charge in [0.15, 0.2) is 0 Å². The van der Waals surface area contributed by atoms with E-state index in [2.05, 4.69) is 14.8 Å². The van der Waals surface area contributed by atoms with E-state index < -0.39 is 5.82 Å². The van der Waals surface area contributed by atoms with Crippen LogP contribution in [0.1, 0.15) is 62.9 Å². The number of imidazole rings is 1. The summed E-state index contributed by atoms with van der Waals surface area (Å²) in [6.45, 7) is 5.63. The van der Waals surface area contributed by atoms with Gasteiger partial charge >= 0.3 is 0 Å². The average Bonchev–Trinajstić information content (AvgIpc) is 3.66. The summed E-state index contributed by atoms with van der Waals surface area (Å²) in [6, 6.07) is 19.9. The summed E-state index contributed by atoms with van der Waals surface area (Å²) < 4.78 is 27.7. The number of aryl methyl sites for hydroxylation is 1. The van der Waals surface area contributed by atoms with Crippen molar-refractivity contribution in [2.24, 2.45) is 0 Å². The van der Waals surface area contributed by atoms with Crippen molar-refractivity contribution in [2.45, 2.75) is 64.3 Å². The number of benzene rings is 3. The van der Waals surface area contributed by atoms with Crippen LogP contribution < -0.4 is 10.1 Å². The van der Waals surface area contributed by atoms with Gasteiger partial charge in [0.05, 0.1) is 24.2 Å². The number of aromatic hydroxyl groups is 1. The largest absolute Gasteiger partial charge is 0.508 e. The molecule has 260 valence electrons. The van der Waals surface area contributed by atoms with Crippen molar-refractivity contribution in [2.75, 3.05) is 26.8 Å². The Morgan fingerprint density at radius 1 is 1.04 bits per heavy atom. The summed E-state index contributed by atoms with van der Waals surface area (Å²) in [7, 11) is 1.69. The second-order valence-electron chi connectivity index (χ2n) is 13.3. The normalized spacial score (nSPS) is 16.5. The van der Waals surface area contributed by atoms with Crippen molar-refractivity contribution in [1.29, 1.82) is 0 Å². The molecule has 9 nitrogen and oxygen atoms in total. The molecule has 0 spiro atoms. The number of fused-ring (bicyclic) bond motifs is 2. The van der Waals surface area contributed by atoms with Gasteiger partial charge in [-0.05, 0) is 105 Å². The minimum Gasteiger partial charge on any atom is -0.508 e. The van der Waals surface area contributed by atoms with Gasteiger partial charge in [0, 0.05) is 53.5 Å². The fraction of sp³-hybridized carbons (Fsp3) is 0.359. The van der Waals surface area contributed by atoms with Gasteiger partial charge in [-0.2, -0.15) is 0 Å². The zero-order chi connectivity index (χ0) is 34.8. The molecule has 1 aliphatic heterocycles. The first-order valence-corrected chi connectivity index (χ1v) is 17.5. The average molecular weight is 698 g/mol. The molecule has 2 aliphatic rings. The highest BCUT2D eigenvalue weighted by Crippen LogP contribution is 2.31. The molecule has 1 atom stereocenters. The van der Waals surface area contributed by atoms with Crippen molar-refractivity contribution in [3.63, 3.8) is 0 Å². The molecule has 1 aliphatic carbocycles. The lowest BCUT2D eigenvalue weighted by Gasteiger charge is -2.31. The van der Waals surface area contributed by atoms with Crippen LogP contribution in [-0.2, 0) is 37.3 Å². The number of hydrogen-bond donors (Lipinski definition) is 2. The van der Waals surface area contributed by atoms with Crippen LogP contribution in [0, 0.1) is 12.7 Å². The van der Waals surface area contributed by atoms with Crippen LogP contribution >= 0.6 is 11.6 Å². The topological polar surface area (TPSA) is 102 Å². The third kappa shape index (κ3) is 7.47. The molecule has 11 heteroatoms. The second kappa shape index (κ2) is 14.8. The number of nitrogens with one attached hydrogen (secondary N) is 1. The molecule has 0 bridgehead atoms. The van der Waals surface area contributed by atoms with Crippen molar-refractivity contribution in [3.05, 3.63) is 117 Å². The maximum absolute atomic E-state index is 14.2. The number of ether oxygens (including phenoxy) is 2. The number of phenols is 1. The van der Waals surface area contributed by atoms with Gasteiger partial charge in [-0.1, -0.05) is 29.8 Å². The standard InChI is InChI=1S/C39H41ClFN5O4/c1-24-16-28-17-31(18-29(28)20-36(24)47)42-39(48)26-7-9-35-34(19-26)43-37(46(35)14-15-49-2)22-45-12-10-25(11-13-45)33-4-3-5-38(44-33)50-23-27-6-8-30(40)21-32(27)41/h3-9,16,19-21,25,31,47H,10-15,17-18,22-23H2,1-2H3,(H,42,48). The smallest absolute Gasteiger partial charge is 0.251 e. The summed E-state index contributed by atoms with van der Waals surface area (Å²) in [6.07, 6.45) is 3.33. The summed E-state index contributed by atoms with van der Waals surface area (Å²) >= 11 is 5.88. The van der Waals surface area contributed by atoms with Crippen molar-refractivity contribution < 1.29 is 23.8 Å². The third-order valence-corrected chi connectivity index (χ3v) is 10.1. The van der Waals surface area contributed by atoms with Gasteiger partial charge in [-0.3, -0.25) is 9.69 Å². The van der Waals surface area contributed by atoms with E-state index in [-0.39, 0.29) is 24.5 Å². The number of pyridine rings is 1. The molecule has 7 rings (SSSR count). The van der Waals surface area contributed by atoms with E-state index in [1.54, 1.807) is 25.3 Å². The number of methoxy groups -OCH3 is 1. The maximum Gasteiger partial charge on any atom is 0.251 e. The number of piperidine rings is 1. The SMILES string of the molecule is COCCn1c(CN2CCC(c3cccc(OCc4ccc(Cl)cc4F)n3)CC2)nc2cc(C(=O)NC3Cc4cc(C)c(O)cc4C3)ccc21. The first kappa shape index (κ1) is 34.0. The number of phenolic OH excluding ortho intramolecular Hbond substituents is 1. The van der Waals surface area contributed by atoms with Crippen molar-refractivity contribution in [1.82, 2.24) is 24.8 Å². The number of carbonyl (C=O) groups excluding carboxylic acids is 1. The van der Waals surface area contributed by atoms with Crippen molar-refractivity contribution >= 4 is 28.5 Å². The van der Waals surface area contributed by atoms with Crippen LogP contribution in [0.5, 0.6) is 11.6 Å². The lowest BCUT2D eigenvalue weighted by Crippen LogP contribution is -2.35. The molecule has 3 aromatic carbocycles. The Labute approximate surface area is 296 Å². The Bertz CT molecular complexity index is 1990. The minimum atomic E-state index is -0.396. The highest BCUT2D eigenvalue weighted by molar-refractivity contribution is 6.30. The van der Waals surface area contributed by atoms with E-state index in [1.165, 1.54) is 11.6 Å². The summed E-state index contributed by atoms with van der Waals surface area (Å²) in [5, 5.41) is 13.7. The van der Waals surface area contributed by atoms with Gasteiger partial charge in [-0.15, -0.1) is 0 Å². The van der Waals surface area contributed by atoms with E-state index in [0.29, 0.717) is 53.9 Å². The number of likely N-dealkylation sites (tertiary alicyclic amines) is 1. The Balaban J connectivity index is 0.986. The zero-order valence-electron chi connectivity index (χ0n) is 28.3. The molecular weight excluding hydrogens is 657 g/mol. The van der Waals surface area contributed by atoms with Crippen LogP contribution in [0.3, 0.4) is 0 Å². The Morgan fingerprint density at radius 2 is 1.84 bits per heavy atom. The number of aromatic nitrogens is 3. The van der Waals surface area contributed by atoms with Crippen LogP contribution in [0.25, 0.3) is 11.0 Å². The monoisotopic (exact) mass is 697 g/mol. The molecule has 50 heavy (non-hydrogen) atoms. The Morgan fingerprint density at radius 3 is 2.62 bits per heavy atom. The highest BCUT2D eigenvalue weighted by Gasteiger charge is 2.26. The predicted octanol–water partition coefficient (Wildman–Crippen LogP) is 6.74. The molecule has 0 saturated carbocycles. The molecule has 1 fully saturated rings. The first-order chi connectivity index (χ1) is 24.2. The minimum absolute atomic E-state index is 0.0173. The van der Waals surface area contributed by atoms with Crippen LogP contribution in [0.2, 0.25) is 5.02 Å². The van der Waals surface area contributed by atoms with Crippen LogP contribution in [0.15, 0.2) is 66.7 Å². The number of carbonyl (C=O) groups is 1. The first-order valence-electron chi connectivity index (χ1n) is 17.1. The van der Waals surface area contributed by atoms with Gasteiger partial charge < -0.3 is 24.5 Å². The summed E-state index contributed by atoms with van der Waals surface area (Å²) in [5.74, 6) is 1.48. The maximum atomic E-state index is 14.2. The third-order valence-electron chi connectivity index (χ3n) is 9.90. The molecular formula is C39H41ClFN5O4. The van der Waals surface area contributed by atoms with Crippen LogP contribution in [-0.4, -0.2) is 63.3 Å². The van der Waals surface area contributed by atoms with Gasteiger partial charge in [-0.25, -0.2) is 14.4 Å². The van der Waals surface area contributed by atoms with E-state index in [0.717, 1.165) is 66.0 Å². The van der Waals surface area contributed by atoms with Gasteiger partial charge in [0.1, 0.15) is 24.0 Å². The van der Waals surface area contributed by atoms with Crippen LogP contribution in [0.4, 0.5) is 4.39 Å². The van der Waals surface area contributed by atoms with E-state index in [4.69, 9.17) is 31.0 Å². The van der Waals surface area contributed by atoms with Gasteiger partial charge in [0.25, 0.3) is 5.91 Å². The molecule has 2 N–H and O–H groups in total. The number of amides is 1. The Kier molecular flexibility index (Phi) is 10.0. The summed E-state index contributed by atoms with van der Waals surface area (Å²) in [5.41, 5.74) is 6.85. The lowest BCUT2D eigenvalue weighted by molar-refractivity contribution is 0.0938. The lowest BCUT2D eigenvalue weighted by atomic mass is 9.93. The number of halogens is 2. The molecule has 1 saturated heterocycles. The fourth-order valence-electron chi connectivity index (χ4n) is 7.14. The molecule has 5 aromatic rings. The molecule has 0 radical (unpaired) electrons. The van der Waals surface area contributed by atoms with E-state index in [1.807, 2.05) is 49.4 Å². The molecule has 3 heterocycles. The van der Waals surface area contributed by atoms with Crippen molar-refractivity contribution in [3.8, 4) is 11.6 Å². The zero-order valence-corrected chi connectivity index (χ0v) is 29.0. The van der Waals surface area contributed by atoms with E-state index in [9.17, 15) is 14.3 Å². The number of rotatable bonds is 11.